The molecule has 0 aliphatic carbocycles. The number of phenols is 2. The number of Topliss-reactive ketones (excluding diaryl/α,β-unsaturated/α-hetero) is 1. The first kappa shape index (κ1) is 37.8. The summed E-state index contributed by atoms with van der Waals surface area (Å²) in [5.74, 6) is 4.20. The van der Waals surface area contributed by atoms with Crippen molar-refractivity contribution in [1.82, 2.24) is 10.6 Å². The number of nitrogens with two attached hydrogens (primary N) is 1. The third-order valence-corrected chi connectivity index (χ3v) is 7.50. The fourth-order valence-electron chi connectivity index (χ4n) is 4.87. The maximum absolute atomic E-state index is 13.4. The van der Waals surface area contributed by atoms with Gasteiger partial charge in [-0.05, 0) is 96.5 Å². The summed E-state index contributed by atoms with van der Waals surface area (Å²) in [5.41, 5.74) is 8.47. The van der Waals surface area contributed by atoms with Crippen molar-refractivity contribution in [3.8, 4) is 23.3 Å². The molecular weight excluding hydrogens is 626 g/mol. The van der Waals surface area contributed by atoms with Crippen LogP contribution in [-0.4, -0.2) is 57.4 Å². The Morgan fingerprint density at radius 3 is 2.20 bits per heavy atom. The highest BCUT2D eigenvalue weighted by Gasteiger charge is 2.30. The van der Waals surface area contributed by atoms with Crippen LogP contribution in [0.3, 0.4) is 0 Å². The van der Waals surface area contributed by atoms with Gasteiger partial charge in [-0.25, -0.2) is 0 Å². The molecule has 0 bridgehead atoms. The van der Waals surface area contributed by atoms with Crippen molar-refractivity contribution in [3.63, 3.8) is 0 Å². The van der Waals surface area contributed by atoms with Crippen LogP contribution >= 0.6 is 0 Å². The molecule has 0 unspecified atom stereocenters. The van der Waals surface area contributed by atoms with Gasteiger partial charge in [0, 0.05) is 17.3 Å². The molecule has 0 aliphatic heterocycles. The van der Waals surface area contributed by atoms with Crippen LogP contribution in [0.15, 0.2) is 72.8 Å². The minimum absolute atomic E-state index is 0.0440. The summed E-state index contributed by atoms with van der Waals surface area (Å²) >= 11 is 0. The summed E-state index contributed by atoms with van der Waals surface area (Å²) in [7, 11) is 0. The fraction of sp³-hybridized carbons (Fsp3) is 0.324. The second-order valence-electron chi connectivity index (χ2n) is 12.4. The predicted molar refractivity (Wildman–Crippen MR) is 189 cm³/mol. The standard InChI is InChI=1S/C37H43N5O7/c1-23(2)19-31(40-36(46)30(38)20-27-11-16-29(43)17-12-27)37(47)41-35(24(3)4)34(45)22-39-28-14-9-25(10-15-28)7-5-6-8-26-13-18-32(42(48)49)33(44)21-26/h6,8-18,21,23-24,30-31,35,39,43-44H,19-20,22,38H2,1-4H3,(H,40,46)(H,41,47)/b8-6+/t30-,31-,35-/m0/s1. The largest absolute Gasteiger partial charge is 0.508 e. The van der Waals surface area contributed by atoms with Gasteiger partial charge in [0.2, 0.25) is 11.8 Å². The molecule has 0 aromatic heterocycles. The number of hydrogen-bond donors (Lipinski definition) is 6. The molecule has 12 nitrogen and oxygen atoms in total. The van der Waals surface area contributed by atoms with Crippen molar-refractivity contribution in [1.29, 1.82) is 0 Å². The first-order chi connectivity index (χ1) is 23.2. The molecule has 0 radical (unpaired) electrons. The molecule has 3 aromatic rings. The molecule has 12 heteroatoms. The van der Waals surface area contributed by atoms with Gasteiger partial charge < -0.3 is 31.9 Å². The number of ketones is 1. The second kappa shape index (κ2) is 18.0. The van der Waals surface area contributed by atoms with Crippen LogP contribution in [0.1, 0.15) is 50.8 Å². The van der Waals surface area contributed by atoms with Gasteiger partial charge in [-0.1, -0.05) is 51.7 Å². The van der Waals surface area contributed by atoms with Gasteiger partial charge in [0.25, 0.3) is 0 Å². The van der Waals surface area contributed by atoms with Crippen molar-refractivity contribution >= 4 is 35.0 Å². The number of benzene rings is 3. The van der Waals surface area contributed by atoms with Gasteiger partial charge in [0.05, 0.1) is 23.6 Å². The Morgan fingerprint density at radius 2 is 1.61 bits per heavy atom. The molecule has 0 heterocycles. The molecule has 0 fully saturated rings. The van der Waals surface area contributed by atoms with Crippen LogP contribution in [0.5, 0.6) is 11.5 Å². The number of nitro benzene ring substituents is 1. The van der Waals surface area contributed by atoms with Crippen LogP contribution in [0, 0.1) is 33.8 Å². The molecule has 0 aliphatic rings. The first-order valence-electron chi connectivity index (χ1n) is 15.9. The monoisotopic (exact) mass is 669 g/mol. The number of nitro groups is 1. The average molecular weight is 670 g/mol. The summed E-state index contributed by atoms with van der Waals surface area (Å²) in [4.78, 5) is 49.7. The van der Waals surface area contributed by atoms with Crippen LogP contribution in [-0.2, 0) is 20.8 Å². The van der Waals surface area contributed by atoms with Gasteiger partial charge in [0.15, 0.2) is 11.5 Å². The minimum Gasteiger partial charge on any atom is -0.508 e. The number of allylic oxidation sites excluding steroid dienone is 1. The molecule has 0 saturated heterocycles. The molecule has 49 heavy (non-hydrogen) atoms. The van der Waals surface area contributed by atoms with Crippen molar-refractivity contribution in [2.45, 2.75) is 58.7 Å². The van der Waals surface area contributed by atoms with E-state index in [1.165, 1.54) is 30.3 Å². The van der Waals surface area contributed by atoms with Gasteiger partial charge in [-0.3, -0.25) is 24.5 Å². The van der Waals surface area contributed by atoms with Crippen LogP contribution in [0.4, 0.5) is 11.4 Å². The molecule has 2 amide bonds. The molecule has 3 rings (SSSR count). The smallest absolute Gasteiger partial charge is 0.310 e. The molecule has 3 atom stereocenters. The number of phenolic OH excluding ortho intramolecular Hbond substituents is 2. The van der Waals surface area contributed by atoms with Crippen LogP contribution in [0.2, 0.25) is 0 Å². The Kier molecular flexibility index (Phi) is 13.9. The number of carbonyl (C=O) groups excluding carboxylic acids is 3. The topological polar surface area (TPSA) is 197 Å². The van der Waals surface area contributed by atoms with E-state index in [-0.39, 0.29) is 42.0 Å². The normalized spacial score (nSPS) is 12.9. The summed E-state index contributed by atoms with van der Waals surface area (Å²) in [6.45, 7) is 7.48. The highest BCUT2D eigenvalue weighted by molar-refractivity contribution is 5.95. The van der Waals surface area contributed by atoms with E-state index >= 15 is 0 Å². The lowest BCUT2D eigenvalue weighted by molar-refractivity contribution is -0.385. The van der Waals surface area contributed by atoms with Gasteiger partial charge >= 0.3 is 5.69 Å². The van der Waals surface area contributed by atoms with E-state index in [2.05, 4.69) is 27.8 Å². The zero-order valence-electron chi connectivity index (χ0n) is 28.0. The van der Waals surface area contributed by atoms with Gasteiger partial charge in [-0.2, -0.15) is 0 Å². The maximum Gasteiger partial charge on any atom is 0.310 e. The third-order valence-electron chi connectivity index (χ3n) is 7.50. The van der Waals surface area contributed by atoms with E-state index < -0.39 is 40.6 Å². The number of hydrogen-bond acceptors (Lipinski definition) is 9. The molecule has 0 spiro atoms. The highest BCUT2D eigenvalue weighted by atomic mass is 16.6. The number of nitrogens with zero attached hydrogens (tertiary/aromatic N) is 1. The average Bonchev–Trinajstić information content (AvgIpc) is 3.05. The lowest BCUT2D eigenvalue weighted by atomic mass is 9.97. The summed E-state index contributed by atoms with van der Waals surface area (Å²) in [6, 6.07) is 14.9. The van der Waals surface area contributed by atoms with E-state index in [0.29, 0.717) is 23.2 Å². The number of anilines is 1. The zero-order valence-corrected chi connectivity index (χ0v) is 28.0. The van der Waals surface area contributed by atoms with Crippen molar-refractivity contribution < 1.29 is 29.5 Å². The Bertz CT molecular complexity index is 1710. The Morgan fingerprint density at radius 1 is 0.939 bits per heavy atom. The van der Waals surface area contributed by atoms with E-state index in [4.69, 9.17) is 5.73 Å². The van der Waals surface area contributed by atoms with E-state index in [1.807, 2.05) is 27.7 Å². The Labute approximate surface area is 286 Å². The SMILES string of the molecule is CC(C)C[C@H](NC(=O)[C@@H](N)Cc1ccc(O)cc1)C(=O)N[C@H](C(=O)CNc1ccc(C#C/C=C/c2ccc([N+](=O)[O-])c(O)c2)cc1)C(C)C. The molecule has 3 aromatic carbocycles. The zero-order chi connectivity index (χ0) is 36.1. The van der Waals surface area contributed by atoms with Crippen molar-refractivity contribution in [2.24, 2.45) is 17.6 Å². The fourth-order valence-corrected chi connectivity index (χ4v) is 4.87. The number of rotatable bonds is 15. The Hall–Kier alpha value is -5.67. The number of aromatic hydroxyl groups is 2. The maximum atomic E-state index is 13.4. The van der Waals surface area contributed by atoms with Crippen LogP contribution in [0.25, 0.3) is 6.08 Å². The lowest BCUT2D eigenvalue weighted by Crippen LogP contribution is -2.56. The second-order valence-corrected chi connectivity index (χ2v) is 12.4. The number of carbonyl (C=O) groups is 3. The molecule has 0 saturated carbocycles. The predicted octanol–water partition coefficient (Wildman–Crippen LogP) is 4.29. The van der Waals surface area contributed by atoms with Crippen molar-refractivity contribution in [2.75, 3.05) is 11.9 Å². The summed E-state index contributed by atoms with van der Waals surface area (Å²) < 4.78 is 0. The van der Waals surface area contributed by atoms with E-state index in [1.54, 1.807) is 48.6 Å². The summed E-state index contributed by atoms with van der Waals surface area (Å²) in [5, 5.41) is 38.8. The quantitative estimate of drug-likeness (QED) is 0.0777. The summed E-state index contributed by atoms with van der Waals surface area (Å²) in [6.07, 6.45) is 3.76. The number of nitrogens with one attached hydrogen (secondary N) is 3. The minimum atomic E-state index is -0.912. The van der Waals surface area contributed by atoms with Gasteiger partial charge in [-0.15, -0.1) is 0 Å². The molecule has 258 valence electrons. The number of amides is 2. The molecular formula is C37H43N5O7. The van der Waals surface area contributed by atoms with Gasteiger partial charge in [0.1, 0.15) is 11.8 Å². The van der Waals surface area contributed by atoms with Crippen molar-refractivity contribution in [3.05, 3.63) is 99.6 Å². The Balaban J connectivity index is 1.56. The molecule has 7 N–H and O–H groups in total. The highest BCUT2D eigenvalue weighted by Crippen LogP contribution is 2.26. The van der Waals surface area contributed by atoms with E-state index in [9.17, 15) is 34.7 Å². The first-order valence-corrected chi connectivity index (χ1v) is 15.9. The van der Waals surface area contributed by atoms with Crippen LogP contribution < -0.4 is 21.7 Å². The van der Waals surface area contributed by atoms with E-state index in [0.717, 1.165) is 5.56 Å². The third kappa shape index (κ3) is 12.1. The lowest BCUT2D eigenvalue weighted by Gasteiger charge is -2.27.